The Balaban J connectivity index is 2.14. The molecule has 0 aliphatic heterocycles. The molecule has 0 unspecified atom stereocenters. The molecule has 1 N–H and O–H groups in total. The van der Waals surface area contributed by atoms with Gasteiger partial charge in [-0.1, -0.05) is 12.1 Å². The molecule has 2 aromatic rings. The van der Waals surface area contributed by atoms with Crippen molar-refractivity contribution in [3.63, 3.8) is 0 Å². The highest BCUT2D eigenvalue weighted by atomic mass is 32.1. The maximum Gasteiger partial charge on any atom is 0.0684 e. The first-order chi connectivity index (χ1) is 8.20. The van der Waals surface area contributed by atoms with E-state index in [1.807, 2.05) is 13.0 Å². The van der Waals surface area contributed by atoms with Crippen molar-refractivity contribution in [2.45, 2.75) is 20.1 Å². The van der Waals surface area contributed by atoms with E-state index >= 15 is 0 Å². The molecule has 3 heteroatoms. The third kappa shape index (κ3) is 2.87. The zero-order valence-corrected chi connectivity index (χ0v) is 11.0. The highest BCUT2D eigenvalue weighted by Gasteiger charge is 2.05. The van der Waals surface area contributed by atoms with Crippen LogP contribution in [0.3, 0.4) is 0 Å². The van der Waals surface area contributed by atoms with Gasteiger partial charge in [-0.15, -0.1) is 11.3 Å². The predicted octanol–water partition coefficient (Wildman–Crippen LogP) is 3.19. The van der Waals surface area contributed by atoms with Gasteiger partial charge in [-0.3, -0.25) is 0 Å². The molecule has 0 aliphatic rings. The molecule has 0 radical (unpaired) electrons. The molecule has 0 spiro atoms. The first-order valence-electron chi connectivity index (χ1n) is 5.64. The van der Waals surface area contributed by atoms with Crippen LogP contribution in [0.15, 0.2) is 35.7 Å². The van der Waals surface area contributed by atoms with Gasteiger partial charge in [0.15, 0.2) is 0 Å². The average molecular weight is 247 g/mol. The van der Waals surface area contributed by atoms with Crippen molar-refractivity contribution in [3.05, 3.63) is 51.7 Å². The zero-order valence-electron chi connectivity index (χ0n) is 10.2. The normalized spacial score (nSPS) is 10.5. The third-order valence-corrected chi connectivity index (χ3v) is 3.77. The third-order valence-electron chi connectivity index (χ3n) is 2.91. The summed E-state index contributed by atoms with van der Waals surface area (Å²) in [6.07, 6.45) is 0. The van der Waals surface area contributed by atoms with Crippen LogP contribution in [0.25, 0.3) is 0 Å². The van der Waals surface area contributed by atoms with E-state index in [9.17, 15) is 0 Å². The van der Waals surface area contributed by atoms with Crippen LogP contribution in [-0.2, 0) is 13.2 Å². The van der Waals surface area contributed by atoms with E-state index in [1.54, 1.807) is 11.3 Å². The number of hydrogen-bond acceptors (Lipinski definition) is 3. The van der Waals surface area contributed by atoms with Gasteiger partial charge in [0.25, 0.3) is 0 Å². The summed E-state index contributed by atoms with van der Waals surface area (Å²) >= 11 is 1.78. The maximum absolute atomic E-state index is 9.14. The fraction of sp³-hybridized carbons (Fsp3) is 0.286. The zero-order chi connectivity index (χ0) is 12.3. The molecule has 1 aromatic carbocycles. The molecule has 0 aliphatic carbocycles. The molecule has 0 atom stereocenters. The molecule has 0 fully saturated rings. The summed E-state index contributed by atoms with van der Waals surface area (Å²) in [5.41, 5.74) is 3.33. The largest absolute Gasteiger partial charge is 0.392 e. The van der Waals surface area contributed by atoms with Gasteiger partial charge >= 0.3 is 0 Å². The van der Waals surface area contributed by atoms with Crippen molar-refractivity contribution in [3.8, 4) is 0 Å². The number of benzene rings is 1. The number of aliphatic hydroxyl groups is 1. The minimum atomic E-state index is 0.112. The molecular weight excluding hydrogens is 230 g/mol. The number of nitrogens with zero attached hydrogens (tertiary/aromatic N) is 1. The number of aliphatic hydroxyl groups excluding tert-OH is 1. The Morgan fingerprint density at radius 1 is 1.29 bits per heavy atom. The quantitative estimate of drug-likeness (QED) is 0.897. The Kier molecular flexibility index (Phi) is 3.82. The van der Waals surface area contributed by atoms with Crippen molar-refractivity contribution in [2.75, 3.05) is 11.9 Å². The van der Waals surface area contributed by atoms with Crippen LogP contribution in [0.1, 0.15) is 16.0 Å². The molecule has 90 valence electrons. The van der Waals surface area contributed by atoms with Crippen LogP contribution in [0.2, 0.25) is 0 Å². The number of anilines is 1. The second kappa shape index (κ2) is 5.34. The molecule has 0 saturated heterocycles. The summed E-state index contributed by atoms with van der Waals surface area (Å²) in [5, 5.41) is 11.2. The molecule has 1 heterocycles. The van der Waals surface area contributed by atoms with Crippen LogP contribution in [-0.4, -0.2) is 12.2 Å². The SMILES string of the molecule is Cc1cc(N(C)Cc2cccs2)ccc1CO. The van der Waals surface area contributed by atoms with Crippen molar-refractivity contribution < 1.29 is 5.11 Å². The Bertz CT molecular complexity index is 479. The number of hydrogen-bond donors (Lipinski definition) is 1. The lowest BCUT2D eigenvalue weighted by molar-refractivity contribution is 0.281. The van der Waals surface area contributed by atoms with Gasteiger partial charge < -0.3 is 10.0 Å². The van der Waals surface area contributed by atoms with Gasteiger partial charge in [0.05, 0.1) is 13.2 Å². The number of thiophene rings is 1. The fourth-order valence-electron chi connectivity index (χ4n) is 1.82. The van der Waals surface area contributed by atoms with Crippen molar-refractivity contribution >= 4 is 17.0 Å². The van der Waals surface area contributed by atoms with E-state index in [2.05, 4.69) is 41.6 Å². The van der Waals surface area contributed by atoms with Gasteiger partial charge in [0.2, 0.25) is 0 Å². The Hall–Kier alpha value is -1.32. The van der Waals surface area contributed by atoms with Gasteiger partial charge in [-0.25, -0.2) is 0 Å². The predicted molar refractivity (Wildman–Crippen MR) is 73.5 cm³/mol. The molecule has 2 rings (SSSR count). The standard InChI is InChI=1S/C14H17NOS/c1-11-8-13(6-5-12(11)10-16)15(2)9-14-4-3-7-17-14/h3-8,16H,9-10H2,1-2H3. The van der Waals surface area contributed by atoms with Crippen LogP contribution in [0.5, 0.6) is 0 Å². The monoisotopic (exact) mass is 247 g/mol. The summed E-state index contributed by atoms with van der Waals surface area (Å²) in [5.74, 6) is 0. The second-order valence-electron chi connectivity index (χ2n) is 4.20. The lowest BCUT2D eigenvalue weighted by atomic mass is 10.1. The van der Waals surface area contributed by atoms with Gasteiger partial charge in [0, 0.05) is 17.6 Å². The van der Waals surface area contributed by atoms with Crippen LogP contribution in [0, 0.1) is 6.92 Å². The van der Waals surface area contributed by atoms with E-state index in [0.717, 1.165) is 17.7 Å². The molecule has 1 aromatic heterocycles. The van der Waals surface area contributed by atoms with Crippen LogP contribution >= 0.6 is 11.3 Å². The number of aryl methyl sites for hydroxylation is 1. The lowest BCUT2D eigenvalue weighted by Gasteiger charge is -2.19. The first-order valence-corrected chi connectivity index (χ1v) is 6.52. The van der Waals surface area contributed by atoms with Crippen LogP contribution in [0.4, 0.5) is 5.69 Å². The lowest BCUT2D eigenvalue weighted by Crippen LogP contribution is -2.15. The van der Waals surface area contributed by atoms with Crippen molar-refractivity contribution in [1.82, 2.24) is 0 Å². The van der Waals surface area contributed by atoms with Gasteiger partial charge in [-0.2, -0.15) is 0 Å². The summed E-state index contributed by atoms with van der Waals surface area (Å²) in [4.78, 5) is 3.58. The fourth-order valence-corrected chi connectivity index (χ4v) is 2.58. The minimum Gasteiger partial charge on any atom is -0.392 e. The van der Waals surface area contributed by atoms with Crippen LogP contribution < -0.4 is 4.90 Å². The van der Waals surface area contributed by atoms with E-state index in [4.69, 9.17) is 5.11 Å². The smallest absolute Gasteiger partial charge is 0.0684 e. The second-order valence-corrected chi connectivity index (χ2v) is 5.24. The molecule has 2 nitrogen and oxygen atoms in total. The minimum absolute atomic E-state index is 0.112. The van der Waals surface area contributed by atoms with E-state index in [0.29, 0.717) is 0 Å². The van der Waals surface area contributed by atoms with Gasteiger partial charge in [-0.05, 0) is 41.6 Å². The van der Waals surface area contributed by atoms with E-state index in [1.165, 1.54) is 10.6 Å². The topological polar surface area (TPSA) is 23.5 Å². The summed E-state index contributed by atoms with van der Waals surface area (Å²) in [7, 11) is 2.09. The average Bonchev–Trinajstić information content (AvgIpc) is 2.81. The highest BCUT2D eigenvalue weighted by Crippen LogP contribution is 2.21. The molecule has 17 heavy (non-hydrogen) atoms. The maximum atomic E-state index is 9.14. The van der Waals surface area contributed by atoms with E-state index in [-0.39, 0.29) is 6.61 Å². The molecular formula is C14H17NOS. The first kappa shape index (κ1) is 12.1. The van der Waals surface area contributed by atoms with E-state index < -0.39 is 0 Å². The van der Waals surface area contributed by atoms with Gasteiger partial charge in [0.1, 0.15) is 0 Å². The molecule has 0 bridgehead atoms. The highest BCUT2D eigenvalue weighted by molar-refractivity contribution is 7.09. The van der Waals surface area contributed by atoms with Crippen molar-refractivity contribution in [1.29, 1.82) is 0 Å². The Morgan fingerprint density at radius 3 is 2.71 bits per heavy atom. The Morgan fingerprint density at radius 2 is 2.12 bits per heavy atom. The summed E-state index contributed by atoms with van der Waals surface area (Å²) in [6, 6.07) is 10.4. The number of rotatable bonds is 4. The summed E-state index contributed by atoms with van der Waals surface area (Å²) < 4.78 is 0. The van der Waals surface area contributed by atoms with Crippen molar-refractivity contribution in [2.24, 2.45) is 0 Å². The molecule has 0 saturated carbocycles. The summed E-state index contributed by atoms with van der Waals surface area (Å²) in [6.45, 7) is 3.07. The molecule has 0 amide bonds. The Labute approximate surface area is 106 Å².